The molecule has 1 aliphatic rings. The van der Waals surface area contributed by atoms with Crippen molar-refractivity contribution in [3.63, 3.8) is 0 Å². The van der Waals surface area contributed by atoms with Gasteiger partial charge in [0.15, 0.2) is 0 Å². The van der Waals surface area contributed by atoms with E-state index in [0.29, 0.717) is 12.2 Å². The third-order valence-corrected chi connectivity index (χ3v) is 4.39. The van der Waals surface area contributed by atoms with Crippen molar-refractivity contribution in [3.05, 3.63) is 35.9 Å². The number of unbranched alkanes of at least 4 members (excludes halogenated alkanes) is 1. The summed E-state index contributed by atoms with van der Waals surface area (Å²) in [5.74, 6) is -0.486. The van der Waals surface area contributed by atoms with Gasteiger partial charge in [0, 0.05) is 17.0 Å². The number of carboxylic acids is 1. The van der Waals surface area contributed by atoms with Gasteiger partial charge in [0.1, 0.15) is 17.6 Å². The summed E-state index contributed by atoms with van der Waals surface area (Å²) in [5, 5.41) is 19.5. The maximum atomic E-state index is 11.4. The van der Waals surface area contributed by atoms with Gasteiger partial charge in [-0.25, -0.2) is 0 Å². The number of phenolic OH excluding ortho intramolecular Hbond substituents is 1. The van der Waals surface area contributed by atoms with Crippen LogP contribution >= 0.6 is 0 Å². The van der Waals surface area contributed by atoms with Crippen molar-refractivity contribution >= 4 is 5.97 Å². The minimum atomic E-state index is -0.852. The second-order valence-corrected chi connectivity index (χ2v) is 5.97. The Labute approximate surface area is 131 Å². The van der Waals surface area contributed by atoms with E-state index in [0.717, 1.165) is 30.4 Å². The molecule has 0 aromatic heterocycles. The first-order valence-corrected chi connectivity index (χ1v) is 7.85. The lowest BCUT2D eigenvalue weighted by Gasteiger charge is -2.22. The van der Waals surface area contributed by atoms with Crippen LogP contribution < -0.4 is 4.74 Å². The maximum absolute atomic E-state index is 11.4. The van der Waals surface area contributed by atoms with Gasteiger partial charge in [0.25, 0.3) is 0 Å². The standard InChI is InChI=1S/C18H24O4/c1-4-6-8-13-14-10-15(19)12(7-5-2)9-16(14)22-17(13)11(3)18(20)21/h5,9-11,13,17,19H,2,4,6-8H2,1,3H3,(H,20,21)/t11-,13+,17?/m1/s1. The van der Waals surface area contributed by atoms with Gasteiger partial charge in [-0.2, -0.15) is 0 Å². The van der Waals surface area contributed by atoms with E-state index in [4.69, 9.17) is 4.74 Å². The summed E-state index contributed by atoms with van der Waals surface area (Å²) in [7, 11) is 0. The van der Waals surface area contributed by atoms with Crippen LogP contribution in [0, 0.1) is 5.92 Å². The van der Waals surface area contributed by atoms with Gasteiger partial charge in [-0.3, -0.25) is 4.79 Å². The van der Waals surface area contributed by atoms with Crippen LogP contribution in [0.25, 0.3) is 0 Å². The molecule has 1 aromatic carbocycles. The quantitative estimate of drug-likeness (QED) is 0.750. The van der Waals surface area contributed by atoms with E-state index in [-0.39, 0.29) is 17.8 Å². The van der Waals surface area contributed by atoms with E-state index in [1.807, 2.05) is 6.07 Å². The molecule has 0 aliphatic carbocycles. The first-order chi connectivity index (χ1) is 10.5. The first-order valence-electron chi connectivity index (χ1n) is 7.85. The summed E-state index contributed by atoms with van der Waals surface area (Å²) in [6, 6.07) is 3.56. The molecule has 4 heteroatoms. The van der Waals surface area contributed by atoms with Crippen molar-refractivity contribution in [2.24, 2.45) is 5.92 Å². The number of aromatic hydroxyl groups is 1. The fourth-order valence-corrected chi connectivity index (χ4v) is 3.08. The molecule has 1 aromatic rings. The van der Waals surface area contributed by atoms with E-state index in [2.05, 4.69) is 13.5 Å². The Morgan fingerprint density at radius 2 is 2.23 bits per heavy atom. The van der Waals surface area contributed by atoms with Crippen LogP contribution in [0.4, 0.5) is 0 Å². The van der Waals surface area contributed by atoms with Gasteiger partial charge < -0.3 is 14.9 Å². The number of aliphatic carboxylic acids is 1. The monoisotopic (exact) mass is 304 g/mol. The minimum absolute atomic E-state index is 0.0183. The molecular weight excluding hydrogens is 280 g/mol. The lowest BCUT2D eigenvalue weighted by Crippen LogP contribution is -2.32. The average molecular weight is 304 g/mol. The van der Waals surface area contributed by atoms with Crippen molar-refractivity contribution in [1.29, 1.82) is 0 Å². The largest absolute Gasteiger partial charge is 0.508 e. The number of hydrogen-bond donors (Lipinski definition) is 2. The molecule has 22 heavy (non-hydrogen) atoms. The van der Waals surface area contributed by atoms with Crippen molar-refractivity contribution in [3.8, 4) is 11.5 Å². The van der Waals surface area contributed by atoms with Gasteiger partial charge in [-0.15, -0.1) is 6.58 Å². The predicted octanol–water partition coefficient (Wildman–Crippen LogP) is 3.88. The zero-order valence-electron chi connectivity index (χ0n) is 13.2. The highest BCUT2D eigenvalue weighted by Gasteiger charge is 2.40. The highest BCUT2D eigenvalue weighted by Crippen LogP contribution is 2.46. The highest BCUT2D eigenvalue weighted by molar-refractivity contribution is 5.71. The van der Waals surface area contributed by atoms with Crippen molar-refractivity contribution in [2.45, 2.75) is 51.6 Å². The van der Waals surface area contributed by atoms with E-state index in [1.54, 1.807) is 19.1 Å². The number of carboxylic acid groups (broad SMARTS) is 1. The molecule has 4 nitrogen and oxygen atoms in total. The second-order valence-electron chi connectivity index (χ2n) is 5.97. The number of hydrogen-bond acceptors (Lipinski definition) is 3. The van der Waals surface area contributed by atoms with Crippen molar-refractivity contribution in [1.82, 2.24) is 0 Å². The molecule has 0 spiro atoms. The van der Waals surface area contributed by atoms with Gasteiger partial charge >= 0.3 is 5.97 Å². The van der Waals surface area contributed by atoms with Crippen LogP contribution in [0.5, 0.6) is 11.5 Å². The van der Waals surface area contributed by atoms with Crippen LogP contribution in [-0.4, -0.2) is 22.3 Å². The lowest BCUT2D eigenvalue weighted by atomic mass is 9.84. The van der Waals surface area contributed by atoms with E-state index in [9.17, 15) is 15.0 Å². The summed E-state index contributed by atoms with van der Waals surface area (Å²) in [4.78, 5) is 11.4. The summed E-state index contributed by atoms with van der Waals surface area (Å²) in [6.45, 7) is 7.47. The molecule has 2 N–H and O–H groups in total. The van der Waals surface area contributed by atoms with Crippen LogP contribution in [0.2, 0.25) is 0 Å². The Bertz CT molecular complexity index is 564. The topological polar surface area (TPSA) is 66.8 Å². The van der Waals surface area contributed by atoms with Crippen molar-refractivity contribution < 1.29 is 19.7 Å². The third kappa shape index (κ3) is 3.11. The number of fused-ring (bicyclic) bond motifs is 1. The fraction of sp³-hybridized carbons (Fsp3) is 0.500. The number of allylic oxidation sites excluding steroid dienone is 1. The van der Waals surface area contributed by atoms with Gasteiger partial charge in [-0.05, 0) is 31.9 Å². The molecule has 0 amide bonds. The Morgan fingerprint density at radius 1 is 1.50 bits per heavy atom. The molecule has 120 valence electrons. The molecule has 3 atom stereocenters. The predicted molar refractivity (Wildman–Crippen MR) is 85.5 cm³/mol. The molecule has 2 rings (SSSR count). The maximum Gasteiger partial charge on any atom is 0.310 e. The van der Waals surface area contributed by atoms with Gasteiger partial charge in [0.05, 0.1) is 5.92 Å². The fourth-order valence-electron chi connectivity index (χ4n) is 3.08. The zero-order chi connectivity index (χ0) is 16.3. The number of rotatable bonds is 7. The zero-order valence-corrected chi connectivity index (χ0v) is 13.2. The summed E-state index contributed by atoms with van der Waals surface area (Å²) < 4.78 is 5.96. The number of benzene rings is 1. The van der Waals surface area contributed by atoms with Gasteiger partial charge in [-0.1, -0.05) is 25.8 Å². The van der Waals surface area contributed by atoms with E-state index in [1.165, 1.54) is 0 Å². The van der Waals surface area contributed by atoms with Crippen molar-refractivity contribution in [2.75, 3.05) is 0 Å². The van der Waals surface area contributed by atoms with E-state index < -0.39 is 11.9 Å². The lowest BCUT2D eigenvalue weighted by molar-refractivity contribution is -0.144. The third-order valence-electron chi connectivity index (χ3n) is 4.39. The van der Waals surface area contributed by atoms with Crippen LogP contribution in [-0.2, 0) is 11.2 Å². The molecule has 0 radical (unpaired) electrons. The minimum Gasteiger partial charge on any atom is -0.508 e. The molecular formula is C18H24O4. The Balaban J connectivity index is 2.37. The average Bonchev–Trinajstić information content (AvgIpc) is 2.82. The van der Waals surface area contributed by atoms with Crippen LogP contribution in [0.1, 0.15) is 50.2 Å². The smallest absolute Gasteiger partial charge is 0.310 e. The molecule has 1 unspecified atom stereocenters. The molecule has 0 saturated carbocycles. The van der Waals surface area contributed by atoms with Crippen LogP contribution in [0.15, 0.2) is 24.8 Å². The Morgan fingerprint density at radius 3 is 2.82 bits per heavy atom. The Hall–Kier alpha value is -1.97. The van der Waals surface area contributed by atoms with Crippen LogP contribution in [0.3, 0.4) is 0 Å². The molecule has 0 saturated heterocycles. The number of phenols is 1. The number of carbonyl (C=O) groups is 1. The second kappa shape index (κ2) is 6.86. The summed E-state index contributed by atoms with van der Waals surface area (Å²) in [6.07, 6.45) is 4.82. The molecule has 0 fully saturated rings. The SMILES string of the molecule is C=CCc1cc2c(cc1O)[C@H](CCCC)C([C@@H](C)C(=O)O)O2. The first kappa shape index (κ1) is 16.4. The molecule has 1 heterocycles. The molecule has 0 bridgehead atoms. The highest BCUT2D eigenvalue weighted by atomic mass is 16.5. The normalized spacial score (nSPS) is 21.0. The molecule has 1 aliphatic heterocycles. The van der Waals surface area contributed by atoms with E-state index >= 15 is 0 Å². The number of ether oxygens (including phenoxy) is 1. The summed E-state index contributed by atoms with van der Waals surface area (Å²) >= 11 is 0. The van der Waals surface area contributed by atoms with Gasteiger partial charge in [0.2, 0.25) is 0 Å². The summed E-state index contributed by atoms with van der Waals surface area (Å²) in [5.41, 5.74) is 1.68. The Kier molecular flexibility index (Phi) is 5.11.